The zero-order valence-corrected chi connectivity index (χ0v) is 29.3. The Balaban J connectivity index is 0.00000308. The van der Waals surface area contributed by atoms with Crippen LogP contribution in [0.15, 0.2) is 0 Å². The molecular weight excluding hydrogens is 815 g/mol. The number of ketones is 1. The Morgan fingerprint density at radius 1 is 1.15 bits per heavy atom. The Bertz CT molecular complexity index is 1210. The standard InChI is InChI=1S/C24H28F2NO9S2.Rf/c1-9(2)27-15-17(36-22(31)23-5-10-3-11(6-23)16(28)12(4-10)7-23)19-14(13(20(27)29)18(15)37-19)21(30)35-8-24(25,26)38(32,33)34;/h8-15,17-19H,3-7H2,1-2H3,(H,32,33,34);/q-1;/p-1. The number of ether oxygens (including phenoxy) is 2. The average molecular weight is 843 g/mol. The zero-order chi connectivity index (χ0) is 27.5. The van der Waals surface area contributed by atoms with Crippen LogP contribution in [0.3, 0.4) is 0 Å². The number of halogens is 2. The van der Waals surface area contributed by atoms with Crippen molar-refractivity contribution in [3.8, 4) is 0 Å². The number of rotatable bonds is 7. The van der Waals surface area contributed by atoms with Crippen LogP contribution in [0, 0.1) is 41.6 Å². The van der Waals surface area contributed by atoms with E-state index in [-0.39, 0.29) is 29.6 Å². The van der Waals surface area contributed by atoms with Gasteiger partial charge in [0.1, 0.15) is 22.0 Å². The third-order valence-electron chi connectivity index (χ3n) is 9.41. The van der Waals surface area contributed by atoms with Crippen molar-refractivity contribution in [2.75, 3.05) is 0 Å². The molecule has 7 fully saturated rings. The molecule has 15 heteroatoms. The van der Waals surface area contributed by atoms with Crippen molar-refractivity contribution in [3.63, 3.8) is 0 Å². The van der Waals surface area contributed by atoms with Gasteiger partial charge in [0.2, 0.25) is 5.91 Å². The van der Waals surface area contributed by atoms with E-state index >= 15 is 0 Å². The Morgan fingerprint density at radius 3 is 2.33 bits per heavy atom. The fourth-order valence-corrected chi connectivity index (χ4v) is 10.4. The maximum Gasteiger partial charge on any atom is 0.312 e. The van der Waals surface area contributed by atoms with E-state index in [1.165, 1.54) is 11.8 Å². The minimum absolute atomic E-state index is 0. The first-order valence-corrected chi connectivity index (χ1v) is 15.1. The molecule has 39 heavy (non-hydrogen) atoms. The van der Waals surface area contributed by atoms with Crippen molar-refractivity contribution in [1.82, 2.24) is 4.90 Å². The normalized spacial score (nSPS) is 41.8. The summed E-state index contributed by atoms with van der Waals surface area (Å²) in [5.74, 6) is -4.15. The largest absolute Gasteiger partial charge is 0.746 e. The Labute approximate surface area is 222 Å². The first-order valence-electron chi connectivity index (χ1n) is 12.8. The molecule has 0 aromatic heterocycles. The maximum absolute atomic E-state index is 13.7. The second-order valence-corrected chi connectivity index (χ2v) is 14.7. The summed E-state index contributed by atoms with van der Waals surface area (Å²) in [5.41, 5.74) is -0.796. The molecule has 0 radical (unpaired) electrons. The van der Waals surface area contributed by atoms with E-state index in [1.54, 1.807) is 18.7 Å². The Kier molecular flexibility index (Phi) is 6.12. The zero-order valence-electron chi connectivity index (χ0n) is 21.3. The summed E-state index contributed by atoms with van der Waals surface area (Å²) in [6.07, 6.45) is 2.12. The second kappa shape index (κ2) is 8.60. The quantitative estimate of drug-likeness (QED) is 0.210. The predicted octanol–water partition coefficient (Wildman–Crippen LogP) is 1.49. The Hall–Kier alpha value is -2.80. The summed E-state index contributed by atoms with van der Waals surface area (Å²) in [6, 6.07) is -0.813. The molecule has 0 aromatic rings. The van der Waals surface area contributed by atoms with Gasteiger partial charge in [-0.1, -0.05) is 6.61 Å². The van der Waals surface area contributed by atoms with Crippen LogP contribution < -0.4 is 0 Å². The van der Waals surface area contributed by atoms with E-state index in [0.29, 0.717) is 19.3 Å². The number of Topliss-reactive ketones (excluding diaryl/α,β-unsaturated/α-hetero) is 1. The first kappa shape index (κ1) is 27.8. The van der Waals surface area contributed by atoms with Gasteiger partial charge < -0.3 is 18.9 Å². The van der Waals surface area contributed by atoms with Crippen molar-refractivity contribution in [3.05, 3.63) is 6.61 Å². The van der Waals surface area contributed by atoms with Crippen molar-refractivity contribution in [2.24, 2.45) is 35.0 Å². The average Bonchev–Trinajstić information content (AvgIpc) is 3.42. The summed E-state index contributed by atoms with van der Waals surface area (Å²) in [5, 5.41) is -6.17. The number of carbonyl (C=O) groups excluding carboxylic acids is 4. The van der Waals surface area contributed by atoms with Crippen LogP contribution in [-0.2, 0) is 38.8 Å². The molecule has 0 aromatic carbocycles. The van der Waals surface area contributed by atoms with Gasteiger partial charge in [0.05, 0.1) is 28.5 Å². The number of fused-ring (bicyclic) bond motifs is 1. The molecule has 8 unspecified atom stereocenters. The molecule has 1 amide bonds. The van der Waals surface area contributed by atoms with E-state index in [1.807, 2.05) is 0 Å². The summed E-state index contributed by atoms with van der Waals surface area (Å²) in [7, 11) is -6.12. The number of carbonyl (C=O) groups is 4. The molecule has 0 spiro atoms. The Morgan fingerprint density at radius 2 is 1.77 bits per heavy atom. The molecule has 3 aliphatic heterocycles. The number of hydrogen-bond donors (Lipinski definition) is 0. The predicted molar refractivity (Wildman–Crippen MR) is 124 cm³/mol. The minimum atomic E-state index is -6.12. The van der Waals surface area contributed by atoms with Gasteiger partial charge >= 0.3 is 5.97 Å². The van der Waals surface area contributed by atoms with Gasteiger partial charge in [0.15, 0.2) is 0 Å². The molecule has 4 saturated carbocycles. The molecule has 3 heterocycles. The van der Waals surface area contributed by atoms with Crippen LogP contribution in [0.25, 0.3) is 0 Å². The number of esters is 2. The van der Waals surface area contributed by atoms with E-state index in [9.17, 15) is 40.9 Å². The molecule has 4 aliphatic carbocycles. The number of nitrogens with zero attached hydrogens (tertiary/aromatic N) is 1. The summed E-state index contributed by atoms with van der Waals surface area (Å²) >= 11 is 1.26. The van der Waals surface area contributed by atoms with E-state index < -0.39 is 79.7 Å². The molecule has 10 nitrogen and oxygen atoms in total. The van der Waals surface area contributed by atoms with Crippen molar-refractivity contribution < 1.29 is 50.4 Å². The number of likely N-dealkylation sites (tertiary alicyclic amines) is 1. The second-order valence-electron chi connectivity index (χ2n) is 11.9. The van der Waals surface area contributed by atoms with Crippen molar-refractivity contribution >= 4 is 45.5 Å². The first-order chi connectivity index (χ1) is 17.6. The summed E-state index contributed by atoms with van der Waals surface area (Å²) in [6.45, 7) is 2.95. The van der Waals surface area contributed by atoms with Crippen LogP contribution in [0.1, 0.15) is 46.0 Å². The van der Waals surface area contributed by atoms with Crippen molar-refractivity contribution in [2.45, 2.75) is 79.9 Å². The third kappa shape index (κ3) is 3.79. The fourth-order valence-electron chi connectivity index (χ4n) is 8.17. The molecule has 7 rings (SSSR count). The van der Waals surface area contributed by atoms with Crippen LogP contribution in [0.5, 0.6) is 0 Å². The summed E-state index contributed by atoms with van der Waals surface area (Å²) in [4.78, 5) is 54.2. The van der Waals surface area contributed by atoms with Crippen molar-refractivity contribution in [1.29, 1.82) is 0 Å². The van der Waals surface area contributed by atoms with Crippen LogP contribution >= 0.6 is 11.8 Å². The van der Waals surface area contributed by atoms with Gasteiger partial charge in [-0.05, 0) is 51.9 Å². The van der Waals surface area contributed by atoms with Gasteiger partial charge in [-0.3, -0.25) is 19.2 Å². The van der Waals surface area contributed by atoms with Gasteiger partial charge in [0, 0.05) is 23.1 Å². The van der Waals surface area contributed by atoms with E-state index in [2.05, 4.69) is 4.74 Å². The molecule has 212 valence electrons. The van der Waals surface area contributed by atoms with E-state index in [0.717, 1.165) is 12.8 Å². The number of hydrogen-bond acceptors (Lipinski definition) is 10. The number of alkyl halides is 2. The fraction of sp³-hybridized carbons (Fsp3) is 0.792. The molecule has 6 bridgehead atoms. The molecular formula is C24H27F2NO9RfS2-2. The van der Waals surface area contributed by atoms with E-state index in [4.69, 9.17) is 4.74 Å². The maximum atomic E-state index is 13.7. The SMILES string of the molecule is CC(C)N1C(=O)C2C3SC(C(OC(=O)C45CC6CC(C4)C(=O)C(C6)C5)C31)C2C(=O)O[CH-]C(F)(F)S(=O)(=O)[O-].[Rf]. The number of amides is 1. The molecule has 3 saturated heterocycles. The monoisotopic (exact) mass is 842 g/mol. The topological polar surface area (TPSA) is 147 Å². The van der Waals surface area contributed by atoms with Gasteiger partial charge in [-0.15, -0.1) is 11.8 Å². The van der Waals surface area contributed by atoms with Gasteiger partial charge in [-0.2, -0.15) is 0 Å². The minimum Gasteiger partial charge on any atom is -0.746 e. The molecule has 0 N–H and O–H groups in total. The molecule has 8 atom stereocenters. The van der Waals surface area contributed by atoms with Crippen LogP contribution in [0.2, 0.25) is 0 Å². The smallest absolute Gasteiger partial charge is 0.312 e. The summed E-state index contributed by atoms with van der Waals surface area (Å²) < 4.78 is 70.2. The molecule has 7 aliphatic rings. The number of thioether (sulfide) groups is 1. The van der Waals surface area contributed by atoms with Gasteiger partial charge in [0.25, 0.3) is 11.2 Å². The third-order valence-corrected chi connectivity index (χ3v) is 11.9. The van der Waals surface area contributed by atoms with Gasteiger partial charge in [-0.25, -0.2) is 17.2 Å². The van der Waals surface area contributed by atoms with Crippen LogP contribution in [0.4, 0.5) is 8.78 Å². The van der Waals surface area contributed by atoms with Crippen LogP contribution in [-0.4, -0.2) is 75.4 Å².